The van der Waals surface area contributed by atoms with Gasteiger partial charge in [-0.05, 0) is 12.1 Å². The van der Waals surface area contributed by atoms with Gasteiger partial charge in [0, 0.05) is 19.3 Å². The van der Waals surface area contributed by atoms with Crippen LogP contribution in [0.3, 0.4) is 0 Å². The first-order valence-corrected chi connectivity index (χ1v) is 4.63. The first kappa shape index (κ1) is 11.8. The van der Waals surface area contributed by atoms with Crippen LogP contribution >= 0.6 is 0 Å². The van der Waals surface area contributed by atoms with Crippen molar-refractivity contribution in [1.82, 2.24) is 15.6 Å². The lowest BCUT2D eigenvalue weighted by Crippen LogP contribution is -2.37. The molecular weight excluding hydrogens is 210 g/mol. The summed E-state index contributed by atoms with van der Waals surface area (Å²) < 4.78 is 0. The summed E-state index contributed by atoms with van der Waals surface area (Å²) in [6.45, 7) is 0.519. The van der Waals surface area contributed by atoms with Crippen LogP contribution < -0.4 is 22.1 Å². The quantitative estimate of drug-likeness (QED) is 0.492. The Morgan fingerprint density at radius 3 is 2.62 bits per heavy atom. The maximum absolute atomic E-state index is 11.5. The van der Waals surface area contributed by atoms with E-state index in [-0.39, 0.29) is 24.7 Å². The van der Waals surface area contributed by atoms with E-state index in [2.05, 4.69) is 15.6 Å². The van der Waals surface area contributed by atoms with Crippen LogP contribution in [0.5, 0.6) is 0 Å². The molecule has 0 aliphatic rings. The summed E-state index contributed by atoms with van der Waals surface area (Å²) in [5.41, 5.74) is 10.9. The number of carbonyl (C=O) groups is 2. The van der Waals surface area contributed by atoms with E-state index in [1.165, 1.54) is 6.20 Å². The molecule has 16 heavy (non-hydrogen) atoms. The second kappa shape index (κ2) is 5.54. The van der Waals surface area contributed by atoms with Gasteiger partial charge < -0.3 is 22.1 Å². The Labute approximate surface area is 92.2 Å². The first-order valence-electron chi connectivity index (χ1n) is 4.63. The van der Waals surface area contributed by atoms with Gasteiger partial charge in [-0.2, -0.15) is 0 Å². The number of nitrogens with zero attached hydrogens (tertiary/aromatic N) is 1. The number of amides is 3. The van der Waals surface area contributed by atoms with Gasteiger partial charge in [0.15, 0.2) is 5.69 Å². The molecule has 1 heterocycles. The molecule has 0 aliphatic heterocycles. The average Bonchev–Trinajstić information content (AvgIpc) is 2.24. The third-order valence-electron chi connectivity index (χ3n) is 1.76. The van der Waals surface area contributed by atoms with Gasteiger partial charge in [-0.1, -0.05) is 0 Å². The Balaban J connectivity index is 2.41. The monoisotopic (exact) mass is 223 g/mol. The van der Waals surface area contributed by atoms with Gasteiger partial charge in [-0.25, -0.2) is 9.78 Å². The molecule has 0 atom stereocenters. The molecule has 0 unspecified atom stereocenters. The number of pyridine rings is 1. The molecule has 7 heteroatoms. The Kier molecular flexibility index (Phi) is 4.07. The highest BCUT2D eigenvalue weighted by atomic mass is 16.2. The number of hydrogen-bond donors (Lipinski definition) is 4. The molecule has 86 valence electrons. The minimum atomic E-state index is -0.633. The number of urea groups is 1. The van der Waals surface area contributed by atoms with Gasteiger partial charge in [0.25, 0.3) is 5.91 Å². The molecule has 1 aromatic heterocycles. The van der Waals surface area contributed by atoms with Crippen LogP contribution in [0.2, 0.25) is 0 Å². The predicted octanol–water partition coefficient (Wildman–Crippen LogP) is -0.938. The summed E-state index contributed by atoms with van der Waals surface area (Å²) in [6, 6.07) is 2.59. The van der Waals surface area contributed by atoms with Crippen LogP contribution in [0, 0.1) is 0 Å². The Morgan fingerprint density at radius 2 is 2.00 bits per heavy atom. The lowest BCUT2D eigenvalue weighted by molar-refractivity contribution is 0.0950. The lowest BCUT2D eigenvalue weighted by Gasteiger charge is -2.06. The van der Waals surface area contributed by atoms with Crippen LogP contribution in [-0.4, -0.2) is 30.0 Å². The van der Waals surface area contributed by atoms with Crippen LogP contribution in [0.15, 0.2) is 18.3 Å². The van der Waals surface area contributed by atoms with Crippen LogP contribution in [0.4, 0.5) is 10.5 Å². The fourth-order valence-corrected chi connectivity index (χ4v) is 1.05. The molecule has 0 saturated carbocycles. The third-order valence-corrected chi connectivity index (χ3v) is 1.76. The zero-order valence-corrected chi connectivity index (χ0v) is 8.56. The number of nitrogen functional groups attached to an aromatic ring is 1. The normalized spacial score (nSPS) is 9.50. The van der Waals surface area contributed by atoms with Crippen molar-refractivity contribution in [1.29, 1.82) is 0 Å². The fraction of sp³-hybridized carbons (Fsp3) is 0.222. The topological polar surface area (TPSA) is 123 Å². The number of nitrogens with one attached hydrogen (secondary N) is 2. The number of hydrogen-bond acceptors (Lipinski definition) is 4. The number of primary amides is 1. The first-order chi connectivity index (χ1) is 7.61. The zero-order valence-electron chi connectivity index (χ0n) is 8.56. The summed E-state index contributed by atoms with van der Waals surface area (Å²) in [4.78, 5) is 25.7. The number of aromatic nitrogens is 1. The van der Waals surface area contributed by atoms with E-state index in [4.69, 9.17) is 11.5 Å². The molecule has 1 rings (SSSR count). The maximum Gasteiger partial charge on any atom is 0.312 e. The number of nitrogens with two attached hydrogens (primary N) is 2. The van der Waals surface area contributed by atoms with E-state index in [1.54, 1.807) is 12.1 Å². The van der Waals surface area contributed by atoms with Crippen molar-refractivity contribution in [3.8, 4) is 0 Å². The minimum absolute atomic E-state index is 0.168. The summed E-state index contributed by atoms with van der Waals surface area (Å²) >= 11 is 0. The maximum atomic E-state index is 11.5. The number of rotatable bonds is 4. The molecule has 0 radical (unpaired) electrons. The fourth-order valence-electron chi connectivity index (χ4n) is 1.05. The van der Waals surface area contributed by atoms with Crippen LogP contribution in [0.25, 0.3) is 0 Å². The Morgan fingerprint density at radius 1 is 1.31 bits per heavy atom. The van der Waals surface area contributed by atoms with Crippen molar-refractivity contribution < 1.29 is 9.59 Å². The molecule has 0 aromatic carbocycles. The molecule has 0 bridgehead atoms. The molecule has 3 amide bonds. The molecule has 1 aromatic rings. The van der Waals surface area contributed by atoms with E-state index < -0.39 is 6.03 Å². The van der Waals surface area contributed by atoms with Gasteiger partial charge in [0.05, 0.1) is 5.69 Å². The lowest BCUT2D eigenvalue weighted by atomic mass is 10.3. The second-order valence-corrected chi connectivity index (χ2v) is 2.99. The molecule has 0 saturated heterocycles. The highest BCUT2D eigenvalue weighted by Crippen LogP contribution is 2.05. The highest BCUT2D eigenvalue weighted by molar-refractivity contribution is 5.96. The van der Waals surface area contributed by atoms with Crippen LogP contribution in [0.1, 0.15) is 10.5 Å². The van der Waals surface area contributed by atoms with Gasteiger partial charge >= 0.3 is 6.03 Å². The van der Waals surface area contributed by atoms with Crippen molar-refractivity contribution >= 4 is 17.6 Å². The van der Waals surface area contributed by atoms with Crippen molar-refractivity contribution in [2.75, 3.05) is 18.8 Å². The average molecular weight is 223 g/mol. The van der Waals surface area contributed by atoms with Crippen molar-refractivity contribution in [3.05, 3.63) is 24.0 Å². The highest BCUT2D eigenvalue weighted by Gasteiger charge is 2.09. The summed E-state index contributed by atoms with van der Waals surface area (Å²) in [7, 11) is 0. The number of anilines is 1. The Hall–Kier alpha value is -2.31. The standard InChI is InChI=1S/C9H13N5O2/c10-6-2-1-3-12-7(6)8(15)13-4-5-14-9(11)16/h1-3H,4-5,10H2,(H,13,15)(H3,11,14,16). The SMILES string of the molecule is NC(=O)NCCNC(=O)c1ncccc1N. The summed E-state index contributed by atoms with van der Waals surface area (Å²) in [5.74, 6) is -0.385. The number of carbonyl (C=O) groups excluding carboxylic acids is 2. The summed E-state index contributed by atoms with van der Waals surface area (Å²) in [6.07, 6.45) is 1.48. The van der Waals surface area contributed by atoms with E-state index in [0.717, 1.165) is 0 Å². The smallest absolute Gasteiger partial charge is 0.312 e. The molecule has 6 N–H and O–H groups in total. The molecule has 0 spiro atoms. The third kappa shape index (κ3) is 3.45. The van der Waals surface area contributed by atoms with Crippen molar-refractivity contribution in [2.45, 2.75) is 0 Å². The van der Waals surface area contributed by atoms with Crippen molar-refractivity contribution in [3.63, 3.8) is 0 Å². The van der Waals surface area contributed by atoms with Gasteiger partial charge in [-0.3, -0.25) is 4.79 Å². The largest absolute Gasteiger partial charge is 0.397 e. The van der Waals surface area contributed by atoms with Crippen LogP contribution in [-0.2, 0) is 0 Å². The summed E-state index contributed by atoms with van der Waals surface area (Å²) in [5, 5.41) is 4.88. The van der Waals surface area contributed by atoms with E-state index in [0.29, 0.717) is 5.69 Å². The zero-order chi connectivity index (χ0) is 12.0. The molecule has 0 aliphatic carbocycles. The van der Waals surface area contributed by atoms with Gasteiger partial charge in [-0.15, -0.1) is 0 Å². The molecule has 0 fully saturated rings. The predicted molar refractivity (Wildman–Crippen MR) is 58.6 cm³/mol. The van der Waals surface area contributed by atoms with Gasteiger partial charge in [0.2, 0.25) is 0 Å². The van der Waals surface area contributed by atoms with E-state index in [9.17, 15) is 9.59 Å². The molecule has 7 nitrogen and oxygen atoms in total. The van der Waals surface area contributed by atoms with Crippen molar-refractivity contribution in [2.24, 2.45) is 5.73 Å². The molecular formula is C9H13N5O2. The van der Waals surface area contributed by atoms with E-state index >= 15 is 0 Å². The van der Waals surface area contributed by atoms with Gasteiger partial charge in [0.1, 0.15) is 0 Å². The minimum Gasteiger partial charge on any atom is -0.397 e. The Bertz CT molecular complexity index is 393. The van der Waals surface area contributed by atoms with E-state index in [1.807, 2.05) is 0 Å². The second-order valence-electron chi connectivity index (χ2n) is 2.99.